The van der Waals surface area contributed by atoms with Crippen LogP contribution in [0.3, 0.4) is 0 Å². The molecule has 0 bridgehead atoms. The number of carbonyl (C=O) groups is 1. The number of hydrogen-bond acceptors (Lipinski definition) is 5. The van der Waals surface area contributed by atoms with E-state index in [4.69, 9.17) is 5.84 Å². The fourth-order valence-corrected chi connectivity index (χ4v) is 4.11. The zero-order valence-electron chi connectivity index (χ0n) is 15.3. The molecule has 6 nitrogen and oxygen atoms in total. The Morgan fingerprint density at radius 1 is 1.31 bits per heavy atom. The molecule has 140 valence electrons. The van der Waals surface area contributed by atoms with E-state index < -0.39 is 0 Å². The lowest BCUT2D eigenvalue weighted by atomic mass is 9.86. The number of aryl methyl sites for hydroxylation is 2. The smallest absolute Gasteiger partial charge is 0.234 e. The third kappa shape index (κ3) is 5.24. The van der Waals surface area contributed by atoms with E-state index in [9.17, 15) is 4.79 Å². The lowest BCUT2D eigenvalue weighted by molar-refractivity contribution is -0.113. The van der Waals surface area contributed by atoms with Crippen molar-refractivity contribution >= 4 is 23.4 Å². The second-order valence-electron chi connectivity index (χ2n) is 7.02. The van der Waals surface area contributed by atoms with E-state index in [1.807, 2.05) is 31.2 Å². The van der Waals surface area contributed by atoms with Crippen LogP contribution in [0.15, 0.2) is 29.4 Å². The van der Waals surface area contributed by atoms with Crippen LogP contribution in [0.5, 0.6) is 0 Å². The van der Waals surface area contributed by atoms with Crippen molar-refractivity contribution in [2.45, 2.75) is 57.0 Å². The lowest BCUT2D eigenvalue weighted by Crippen LogP contribution is -2.18. The molecule has 0 unspecified atom stereocenters. The molecule has 1 fully saturated rings. The van der Waals surface area contributed by atoms with Gasteiger partial charge in [-0.1, -0.05) is 56.0 Å². The van der Waals surface area contributed by atoms with E-state index in [2.05, 4.69) is 15.5 Å². The Labute approximate surface area is 158 Å². The van der Waals surface area contributed by atoms with E-state index in [0.29, 0.717) is 5.16 Å². The first-order chi connectivity index (χ1) is 12.6. The van der Waals surface area contributed by atoms with Crippen molar-refractivity contribution < 1.29 is 4.79 Å². The molecule has 3 N–H and O–H groups in total. The van der Waals surface area contributed by atoms with Crippen LogP contribution in [-0.4, -0.2) is 26.5 Å². The summed E-state index contributed by atoms with van der Waals surface area (Å²) in [7, 11) is 0. The van der Waals surface area contributed by atoms with Crippen LogP contribution >= 0.6 is 11.8 Å². The molecule has 1 aromatic carbocycles. The summed E-state index contributed by atoms with van der Waals surface area (Å²) in [6, 6.07) is 7.74. The SMILES string of the molecule is Cc1cccc(NC(=O)CSc2nnc(CCC3CCCCC3)n2N)c1. The second kappa shape index (κ2) is 9.07. The number of benzene rings is 1. The Hall–Kier alpha value is -2.02. The predicted octanol–water partition coefficient (Wildman–Crippen LogP) is 3.54. The van der Waals surface area contributed by atoms with Gasteiger partial charge in [-0.3, -0.25) is 4.79 Å². The molecule has 1 aliphatic carbocycles. The number of hydrogen-bond donors (Lipinski definition) is 2. The molecule has 1 saturated carbocycles. The van der Waals surface area contributed by atoms with E-state index in [1.54, 1.807) is 0 Å². The molecule has 0 radical (unpaired) electrons. The Bertz CT molecular complexity index is 739. The summed E-state index contributed by atoms with van der Waals surface area (Å²) in [6.07, 6.45) is 8.67. The van der Waals surface area contributed by atoms with Gasteiger partial charge in [0.05, 0.1) is 5.75 Å². The highest BCUT2D eigenvalue weighted by Gasteiger charge is 2.17. The summed E-state index contributed by atoms with van der Waals surface area (Å²) < 4.78 is 1.54. The number of thioether (sulfide) groups is 1. The third-order valence-electron chi connectivity index (χ3n) is 4.87. The Morgan fingerprint density at radius 2 is 2.12 bits per heavy atom. The van der Waals surface area contributed by atoms with Crippen molar-refractivity contribution in [3.8, 4) is 0 Å². The summed E-state index contributed by atoms with van der Waals surface area (Å²) in [6.45, 7) is 2.00. The number of aromatic nitrogens is 3. The largest absolute Gasteiger partial charge is 0.336 e. The number of nitrogens with two attached hydrogens (primary N) is 1. The van der Waals surface area contributed by atoms with Gasteiger partial charge in [-0.15, -0.1) is 10.2 Å². The fourth-order valence-electron chi connectivity index (χ4n) is 3.44. The molecular weight excluding hydrogens is 346 g/mol. The first-order valence-corrected chi connectivity index (χ1v) is 10.3. The predicted molar refractivity (Wildman–Crippen MR) is 106 cm³/mol. The average molecular weight is 374 g/mol. The molecule has 1 heterocycles. The highest BCUT2D eigenvalue weighted by molar-refractivity contribution is 7.99. The van der Waals surface area contributed by atoms with Crippen molar-refractivity contribution in [2.75, 3.05) is 16.9 Å². The molecular formula is C19H27N5OS. The molecule has 0 atom stereocenters. The molecule has 2 aromatic rings. The molecule has 3 rings (SSSR count). The zero-order chi connectivity index (χ0) is 18.4. The lowest BCUT2D eigenvalue weighted by Gasteiger charge is -2.20. The van der Waals surface area contributed by atoms with Gasteiger partial charge in [-0.2, -0.15) is 0 Å². The van der Waals surface area contributed by atoms with Gasteiger partial charge in [0.1, 0.15) is 0 Å². The first kappa shape index (κ1) is 18.8. The molecule has 0 saturated heterocycles. The van der Waals surface area contributed by atoms with Crippen molar-refractivity contribution in [1.29, 1.82) is 0 Å². The zero-order valence-corrected chi connectivity index (χ0v) is 16.1. The van der Waals surface area contributed by atoms with Crippen LogP contribution in [0.2, 0.25) is 0 Å². The number of nitrogen functional groups attached to an aromatic ring is 1. The number of nitrogens with one attached hydrogen (secondary N) is 1. The Kier molecular flexibility index (Phi) is 6.55. The Balaban J connectivity index is 1.47. The van der Waals surface area contributed by atoms with Crippen LogP contribution in [0.25, 0.3) is 0 Å². The minimum atomic E-state index is -0.0765. The van der Waals surface area contributed by atoms with Crippen molar-refractivity contribution in [2.24, 2.45) is 5.92 Å². The second-order valence-corrected chi connectivity index (χ2v) is 7.96. The number of amides is 1. The number of carbonyl (C=O) groups excluding carboxylic acids is 1. The maximum atomic E-state index is 12.1. The van der Waals surface area contributed by atoms with Crippen LogP contribution < -0.4 is 11.2 Å². The van der Waals surface area contributed by atoms with Gasteiger partial charge >= 0.3 is 0 Å². The molecule has 1 aromatic heterocycles. The maximum Gasteiger partial charge on any atom is 0.234 e. The maximum absolute atomic E-state index is 12.1. The van der Waals surface area contributed by atoms with Gasteiger partial charge < -0.3 is 11.2 Å². The standard InChI is InChI=1S/C19H27N5OS/c1-14-6-5-9-16(12-14)21-18(25)13-26-19-23-22-17(24(19)20)11-10-15-7-3-2-4-8-15/h5-6,9,12,15H,2-4,7-8,10-11,13,20H2,1H3,(H,21,25). The van der Waals surface area contributed by atoms with Crippen LogP contribution in [0.4, 0.5) is 5.69 Å². The van der Waals surface area contributed by atoms with E-state index >= 15 is 0 Å². The van der Waals surface area contributed by atoms with Gasteiger partial charge in [0.15, 0.2) is 5.82 Å². The highest BCUT2D eigenvalue weighted by Crippen LogP contribution is 2.27. The summed E-state index contributed by atoms with van der Waals surface area (Å²) in [5, 5.41) is 11.8. The third-order valence-corrected chi connectivity index (χ3v) is 5.81. The van der Waals surface area contributed by atoms with Crippen molar-refractivity contribution in [1.82, 2.24) is 14.9 Å². The number of rotatable bonds is 7. The normalized spacial score (nSPS) is 15.1. The molecule has 1 aliphatic rings. The van der Waals surface area contributed by atoms with E-state index in [0.717, 1.165) is 35.8 Å². The summed E-state index contributed by atoms with van der Waals surface area (Å²) in [4.78, 5) is 12.1. The first-order valence-electron chi connectivity index (χ1n) is 9.30. The number of nitrogens with zero attached hydrogens (tertiary/aromatic N) is 3. The van der Waals surface area contributed by atoms with E-state index in [-0.39, 0.29) is 11.7 Å². The van der Waals surface area contributed by atoms with Gasteiger partial charge in [-0.05, 0) is 37.0 Å². The fraction of sp³-hybridized carbons (Fsp3) is 0.526. The molecule has 0 spiro atoms. The molecule has 7 heteroatoms. The number of anilines is 1. The Morgan fingerprint density at radius 3 is 2.88 bits per heavy atom. The topological polar surface area (TPSA) is 85.8 Å². The van der Waals surface area contributed by atoms with Crippen LogP contribution in [-0.2, 0) is 11.2 Å². The molecule has 1 amide bonds. The quantitative estimate of drug-likeness (QED) is 0.573. The summed E-state index contributed by atoms with van der Waals surface area (Å²) in [5.74, 6) is 7.89. The summed E-state index contributed by atoms with van der Waals surface area (Å²) >= 11 is 1.31. The molecule has 0 aliphatic heterocycles. The van der Waals surface area contributed by atoms with E-state index in [1.165, 1.54) is 48.5 Å². The van der Waals surface area contributed by atoms with Crippen LogP contribution in [0.1, 0.15) is 49.9 Å². The van der Waals surface area contributed by atoms with Gasteiger partial charge in [0.25, 0.3) is 0 Å². The minimum Gasteiger partial charge on any atom is -0.336 e. The van der Waals surface area contributed by atoms with Crippen molar-refractivity contribution in [3.63, 3.8) is 0 Å². The van der Waals surface area contributed by atoms with Gasteiger partial charge in [0.2, 0.25) is 11.1 Å². The molecule has 26 heavy (non-hydrogen) atoms. The van der Waals surface area contributed by atoms with Crippen LogP contribution in [0, 0.1) is 12.8 Å². The monoisotopic (exact) mass is 373 g/mol. The van der Waals surface area contributed by atoms with Gasteiger partial charge in [-0.25, -0.2) is 4.68 Å². The summed E-state index contributed by atoms with van der Waals surface area (Å²) in [5.41, 5.74) is 1.91. The highest BCUT2D eigenvalue weighted by atomic mass is 32.2. The van der Waals surface area contributed by atoms with Crippen molar-refractivity contribution in [3.05, 3.63) is 35.7 Å². The minimum absolute atomic E-state index is 0.0765. The average Bonchev–Trinajstić information content (AvgIpc) is 2.99. The van der Waals surface area contributed by atoms with Gasteiger partial charge in [0, 0.05) is 12.1 Å².